The molecule has 0 N–H and O–H groups in total. The molecule has 27 heavy (non-hydrogen) atoms. The Labute approximate surface area is 157 Å². The van der Waals surface area contributed by atoms with Gasteiger partial charge in [-0.15, -0.1) is 0 Å². The monoisotopic (exact) mass is 385 g/mol. The molecule has 0 radical (unpaired) electrons. The van der Waals surface area contributed by atoms with Gasteiger partial charge >= 0.3 is 5.97 Å². The maximum absolute atomic E-state index is 13.1. The molecule has 0 aliphatic heterocycles. The first-order valence-electron chi connectivity index (χ1n) is 8.40. The minimum absolute atomic E-state index is 0.103. The number of ketones is 1. The molecule has 0 bridgehead atoms. The molecule has 0 aliphatic rings. The fraction of sp³-hybridized carbons (Fsp3) is 0.200. The minimum atomic E-state index is -3.89. The van der Waals surface area contributed by atoms with E-state index in [2.05, 4.69) is 0 Å². The standard InChI is InChI=1S/C20H19NO5S/c1-13(2)20(23)26-19-12-21(27(24,25)16-7-5-4-6-8-16)18-10-9-15(14(3)22)11-17(18)19/h4-13H,1-3H3. The molecule has 0 atom stereocenters. The van der Waals surface area contributed by atoms with Gasteiger partial charge in [-0.05, 0) is 37.3 Å². The number of hydrogen-bond donors (Lipinski definition) is 0. The van der Waals surface area contributed by atoms with Gasteiger partial charge in [0.25, 0.3) is 10.0 Å². The van der Waals surface area contributed by atoms with Crippen molar-refractivity contribution in [2.45, 2.75) is 25.7 Å². The molecule has 0 amide bonds. The van der Waals surface area contributed by atoms with Crippen molar-refractivity contribution in [1.29, 1.82) is 0 Å². The van der Waals surface area contributed by atoms with Crippen LogP contribution in [0.1, 0.15) is 31.1 Å². The second-order valence-corrected chi connectivity index (χ2v) is 8.29. The molecule has 1 heterocycles. The van der Waals surface area contributed by atoms with Crippen molar-refractivity contribution in [2.24, 2.45) is 5.92 Å². The zero-order valence-corrected chi connectivity index (χ0v) is 16.0. The first-order valence-corrected chi connectivity index (χ1v) is 9.84. The van der Waals surface area contributed by atoms with Crippen LogP contribution in [-0.2, 0) is 14.8 Å². The van der Waals surface area contributed by atoms with Crippen molar-refractivity contribution in [3.8, 4) is 5.75 Å². The van der Waals surface area contributed by atoms with Crippen molar-refractivity contribution < 1.29 is 22.7 Å². The number of Topliss-reactive ketones (excluding diaryl/α,β-unsaturated/α-hetero) is 1. The van der Waals surface area contributed by atoms with Crippen LogP contribution in [0.4, 0.5) is 0 Å². The second kappa shape index (κ2) is 7.00. The number of fused-ring (bicyclic) bond motifs is 1. The molecular weight excluding hydrogens is 366 g/mol. The number of benzene rings is 2. The Morgan fingerprint density at radius 2 is 1.70 bits per heavy atom. The van der Waals surface area contributed by atoms with Crippen LogP contribution in [0.25, 0.3) is 10.9 Å². The van der Waals surface area contributed by atoms with Gasteiger partial charge in [-0.2, -0.15) is 0 Å². The summed E-state index contributed by atoms with van der Waals surface area (Å²) in [5.74, 6) is -0.937. The van der Waals surface area contributed by atoms with Crippen molar-refractivity contribution in [1.82, 2.24) is 3.97 Å². The molecule has 3 aromatic rings. The third kappa shape index (κ3) is 3.50. The van der Waals surface area contributed by atoms with E-state index in [1.165, 1.54) is 31.3 Å². The van der Waals surface area contributed by atoms with Crippen LogP contribution in [-0.4, -0.2) is 24.1 Å². The molecule has 140 valence electrons. The topological polar surface area (TPSA) is 82.4 Å². The maximum Gasteiger partial charge on any atom is 0.313 e. The van der Waals surface area contributed by atoms with E-state index < -0.39 is 16.0 Å². The quantitative estimate of drug-likeness (QED) is 0.495. The highest BCUT2D eigenvalue weighted by Gasteiger charge is 2.24. The Morgan fingerprint density at radius 1 is 1.04 bits per heavy atom. The van der Waals surface area contributed by atoms with Crippen LogP contribution in [0.3, 0.4) is 0 Å². The molecule has 2 aromatic carbocycles. The average Bonchev–Trinajstić information content (AvgIpc) is 3.01. The van der Waals surface area contributed by atoms with Gasteiger partial charge in [0.15, 0.2) is 11.5 Å². The summed E-state index contributed by atoms with van der Waals surface area (Å²) < 4.78 is 32.6. The summed E-state index contributed by atoms with van der Waals surface area (Å²) in [6.45, 7) is 4.78. The Balaban J connectivity index is 2.25. The lowest BCUT2D eigenvalue weighted by atomic mass is 10.1. The summed E-state index contributed by atoms with van der Waals surface area (Å²) in [5.41, 5.74) is 0.731. The third-order valence-electron chi connectivity index (χ3n) is 4.12. The largest absolute Gasteiger partial charge is 0.424 e. The summed E-state index contributed by atoms with van der Waals surface area (Å²) in [7, 11) is -3.89. The Bertz CT molecular complexity index is 1130. The molecule has 0 spiro atoms. The molecule has 6 nitrogen and oxygen atoms in total. The minimum Gasteiger partial charge on any atom is -0.424 e. The van der Waals surface area contributed by atoms with Crippen molar-refractivity contribution >= 4 is 32.7 Å². The van der Waals surface area contributed by atoms with Crippen LogP contribution < -0.4 is 4.74 Å². The van der Waals surface area contributed by atoms with Gasteiger partial charge in [-0.25, -0.2) is 12.4 Å². The predicted octanol–water partition coefficient (Wildman–Crippen LogP) is 3.64. The van der Waals surface area contributed by atoms with Gasteiger partial charge in [0, 0.05) is 10.9 Å². The number of ether oxygens (including phenoxy) is 1. The number of nitrogens with zero attached hydrogens (tertiary/aromatic N) is 1. The third-order valence-corrected chi connectivity index (χ3v) is 5.81. The van der Waals surface area contributed by atoms with E-state index in [1.54, 1.807) is 44.2 Å². The van der Waals surface area contributed by atoms with E-state index in [9.17, 15) is 18.0 Å². The van der Waals surface area contributed by atoms with Gasteiger partial charge < -0.3 is 4.74 Å². The molecular formula is C20H19NO5S. The van der Waals surface area contributed by atoms with Gasteiger partial charge in [0.1, 0.15) is 0 Å². The number of rotatable bonds is 5. The van der Waals surface area contributed by atoms with Crippen molar-refractivity contribution in [2.75, 3.05) is 0 Å². The van der Waals surface area contributed by atoms with Gasteiger partial charge in [0.05, 0.1) is 22.5 Å². The fourth-order valence-electron chi connectivity index (χ4n) is 2.60. The van der Waals surface area contributed by atoms with Crippen molar-refractivity contribution in [3.63, 3.8) is 0 Å². The zero-order valence-electron chi connectivity index (χ0n) is 15.2. The average molecular weight is 385 g/mol. The molecule has 0 fully saturated rings. The summed E-state index contributed by atoms with van der Waals surface area (Å²) in [6.07, 6.45) is 1.27. The second-order valence-electron chi connectivity index (χ2n) is 6.47. The van der Waals surface area contributed by atoms with E-state index in [-0.39, 0.29) is 22.3 Å². The fourth-order valence-corrected chi connectivity index (χ4v) is 3.98. The lowest BCUT2D eigenvalue weighted by molar-refractivity contribution is -0.137. The lowest BCUT2D eigenvalue weighted by Crippen LogP contribution is -2.15. The number of carbonyl (C=O) groups excluding carboxylic acids is 2. The Hall–Kier alpha value is -2.93. The molecule has 7 heteroatoms. The highest BCUT2D eigenvalue weighted by molar-refractivity contribution is 7.90. The van der Waals surface area contributed by atoms with E-state index in [4.69, 9.17) is 4.74 Å². The number of carbonyl (C=O) groups is 2. The predicted molar refractivity (Wildman–Crippen MR) is 101 cm³/mol. The summed E-state index contributed by atoms with van der Waals surface area (Å²) in [5, 5.41) is 0.385. The summed E-state index contributed by atoms with van der Waals surface area (Å²) in [4.78, 5) is 23.9. The SMILES string of the molecule is CC(=O)c1ccc2c(c1)c(OC(=O)C(C)C)cn2S(=O)(=O)c1ccccc1. The first-order chi connectivity index (χ1) is 12.7. The number of esters is 1. The van der Waals surface area contributed by atoms with E-state index >= 15 is 0 Å². The lowest BCUT2D eigenvalue weighted by Gasteiger charge is -2.07. The molecule has 0 aliphatic carbocycles. The Morgan fingerprint density at radius 3 is 2.30 bits per heavy atom. The Kier molecular flexibility index (Phi) is 4.89. The highest BCUT2D eigenvalue weighted by Crippen LogP contribution is 2.32. The number of aromatic nitrogens is 1. The summed E-state index contributed by atoms with van der Waals surface area (Å²) in [6, 6.07) is 12.6. The van der Waals surface area contributed by atoms with Gasteiger partial charge in [0.2, 0.25) is 0 Å². The first kappa shape index (κ1) is 18.8. The van der Waals surface area contributed by atoms with Crippen LogP contribution in [0, 0.1) is 5.92 Å². The van der Waals surface area contributed by atoms with Crippen LogP contribution in [0.5, 0.6) is 5.75 Å². The van der Waals surface area contributed by atoms with Crippen LogP contribution in [0.15, 0.2) is 59.6 Å². The maximum atomic E-state index is 13.1. The van der Waals surface area contributed by atoms with Crippen LogP contribution >= 0.6 is 0 Å². The zero-order chi connectivity index (χ0) is 19.8. The van der Waals surface area contributed by atoms with E-state index in [0.29, 0.717) is 16.5 Å². The normalized spacial score (nSPS) is 11.7. The smallest absolute Gasteiger partial charge is 0.313 e. The van der Waals surface area contributed by atoms with Crippen LogP contribution in [0.2, 0.25) is 0 Å². The van der Waals surface area contributed by atoms with Gasteiger partial charge in [-0.1, -0.05) is 32.0 Å². The van der Waals surface area contributed by atoms with Gasteiger partial charge in [-0.3, -0.25) is 9.59 Å². The van der Waals surface area contributed by atoms with Crippen molar-refractivity contribution in [3.05, 3.63) is 60.3 Å². The van der Waals surface area contributed by atoms with E-state index in [0.717, 1.165) is 3.97 Å². The molecule has 3 rings (SSSR count). The summed E-state index contributed by atoms with van der Waals surface area (Å²) >= 11 is 0. The molecule has 1 aromatic heterocycles. The highest BCUT2D eigenvalue weighted by atomic mass is 32.2. The molecule has 0 saturated carbocycles. The van der Waals surface area contributed by atoms with E-state index in [1.807, 2.05) is 0 Å². The molecule has 0 saturated heterocycles. The number of hydrogen-bond acceptors (Lipinski definition) is 5. The molecule has 0 unspecified atom stereocenters.